The summed E-state index contributed by atoms with van der Waals surface area (Å²) in [4.78, 5) is 20.3. The highest BCUT2D eigenvalue weighted by atomic mass is 16.2. The first-order valence-electron chi connectivity index (χ1n) is 6.09. The fourth-order valence-corrected chi connectivity index (χ4v) is 2.69. The van der Waals surface area contributed by atoms with Crippen molar-refractivity contribution in [1.82, 2.24) is 29.6 Å². The third-order valence-electron chi connectivity index (χ3n) is 3.62. The third kappa shape index (κ3) is 1.20. The van der Waals surface area contributed by atoms with Crippen LogP contribution in [0.15, 0.2) is 18.6 Å². The van der Waals surface area contributed by atoms with E-state index >= 15 is 0 Å². The molecule has 0 saturated carbocycles. The Morgan fingerprint density at radius 2 is 2.25 bits per heavy atom. The number of anilines is 1. The van der Waals surface area contributed by atoms with Crippen molar-refractivity contribution in [2.24, 2.45) is 7.05 Å². The molecule has 8 nitrogen and oxygen atoms in total. The Bertz CT molecular complexity index is 860. The largest absolute Gasteiger partial charge is 0.383 e. The number of aryl methyl sites for hydroxylation is 1. The molecule has 20 heavy (non-hydrogen) atoms. The Morgan fingerprint density at radius 1 is 1.40 bits per heavy atom. The number of hydrogen-bond donors (Lipinski definition) is 2. The fraction of sp³-hybridized carbons (Fsp3) is 0.167. The highest BCUT2D eigenvalue weighted by molar-refractivity contribution is 6.03. The quantitative estimate of drug-likeness (QED) is 0.618. The van der Waals surface area contributed by atoms with Crippen molar-refractivity contribution in [1.29, 1.82) is 0 Å². The van der Waals surface area contributed by atoms with Crippen molar-refractivity contribution >= 4 is 22.9 Å². The molecule has 1 aliphatic rings. The minimum atomic E-state index is -0.259. The molecule has 1 aliphatic heterocycles. The van der Waals surface area contributed by atoms with E-state index in [9.17, 15) is 4.79 Å². The molecule has 0 aromatic carbocycles. The van der Waals surface area contributed by atoms with Crippen molar-refractivity contribution < 1.29 is 4.79 Å². The SMILES string of the molecule is Cn1c2c(c3c(N)ncnc31)-c1ccnn1C(=O)NC2. The van der Waals surface area contributed by atoms with Crippen molar-refractivity contribution in [3.8, 4) is 11.3 Å². The second kappa shape index (κ2) is 3.56. The van der Waals surface area contributed by atoms with E-state index < -0.39 is 0 Å². The topological polar surface area (TPSA) is 104 Å². The standard InChI is InChI=1S/C12H11N7O/c1-18-7-4-14-12(20)19-6(2-3-17-19)8(7)9-10(13)15-5-16-11(9)18/h2-3,5H,4H2,1H3,(H,14,20)(H2,13,15,16). The molecule has 0 unspecified atom stereocenters. The van der Waals surface area contributed by atoms with Crippen LogP contribution in [0.1, 0.15) is 5.69 Å². The molecule has 0 spiro atoms. The summed E-state index contributed by atoms with van der Waals surface area (Å²) in [7, 11) is 1.89. The average molecular weight is 269 g/mol. The van der Waals surface area contributed by atoms with Crippen LogP contribution >= 0.6 is 0 Å². The van der Waals surface area contributed by atoms with Gasteiger partial charge in [0, 0.05) is 18.3 Å². The first kappa shape index (κ1) is 11.0. The minimum Gasteiger partial charge on any atom is -0.383 e. The predicted molar refractivity (Wildman–Crippen MR) is 71.8 cm³/mol. The molecule has 0 bridgehead atoms. The second-order valence-electron chi connectivity index (χ2n) is 4.63. The van der Waals surface area contributed by atoms with Crippen LogP contribution < -0.4 is 11.1 Å². The zero-order valence-corrected chi connectivity index (χ0v) is 10.7. The van der Waals surface area contributed by atoms with E-state index in [0.29, 0.717) is 18.1 Å². The van der Waals surface area contributed by atoms with Gasteiger partial charge in [-0.15, -0.1) is 0 Å². The Labute approximate surface area is 113 Å². The molecule has 8 heteroatoms. The first-order chi connectivity index (χ1) is 9.68. The Kier molecular flexibility index (Phi) is 1.95. The van der Waals surface area contributed by atoms with Crippen molar-refractivity contribution in [2.75, 3.05) is 5.73 Å². The van der Waals surface area contributed by atoms with Gasteiger partial charge < -0.3 is 15.6 Å². The van der Waals surface area contributed by atoms with Gasteiger partial charge in [-0.25, -0.2) is 14.8 Å². The summed E-state index contributed by atoms with van der Waals surface area (Å²) in [5.74, 6) is 0.397. The number of nitrogens with one attached hydrogen (secondary N) is 1. The molecule has 0 atom stereocenters. The van der Waals surface area contributed by atoms with E-state index in [-0.39, 0.29) is 6.03 Å². The number of rotatable bonds is 0. The highest BCUT2D eigenvalue weighted by Gasteiger charge is 2.27. The zero-order valence-electron chi connectivity index (χ0n) is 10.7. The van der Waals surface area contributed by atoms with Crippen molar-refractivity contribution in [3.05, 3.63) is 24.3 Å². The monoisotopic (exact) mass is 269 g/mol. The molecule has 4 rings (SSSR count). The maximum absolute atomic E-state index is 12.0. The number of carbonyl (C=O) groups excluding carboxylic acids is 1. The molecule has 0 saturated heterocycles. The molecule has 0 fully saturated rings. The number of hydrogen-bond acceptors (Lipinski definition) is 5. The lowest BCUT2D eigenvalue weighted by atomic mass is 10.1. The molecule has 4 heterocycles. The second-order valence-corrected chi connectivity index (χ2v) is 4.63. The maximum Gasteiger partial charge on any atom is 0.342 e. The lowest BCUT2D eigenvalue weighted by Crippen LogP contribution is -2.27. The van der Waals surface area contributed by atoms with Crippen LogP contribution in [0.2, 0.25) is 0 Å². The number of nitrogen functional groups attached to an aromatic ring is 1. The summed E-state index contributed by atoms with van der Waals surface area (Å²) < 4.78 is 3.25. The number of aromatic nitrogens is 5. The molecular weight excluding hydrogens is 258 g/mol. The molecule has 3 N–H and O–H groups in total. The van der Waals surface area contributed by atoms with E-state index in [1.165, 1.54) is 11.0 Å². The van der Waals surface area contributed by atoms with Crippen LogP contribution in [0.25, 0.3) is 22.3 Å². The molecule has 3 aromatic heterocycles. The Hall–Kier alpha value is -2.90. The summed E-state index contributed by atoms with van der Waals surface area (Å²) in [5, 5.41) is 7.63. The Balaban J connectivity index is 2.21. The van der Waals surface area contributed by atoms with Gasteiger partial charge in [-0.3, -0.25) is 0 Å². The van der Waals surface area contributed by atoms with Gasteiger partial charge in [0.25, 0.3) is 0 Å². The van der Waals surface area contributed by atoms with Crippen molar-refractivity contribution in [3.63, 3.8) is 0 Å². The molecule has 0 radical (unpaired) electrons. The van der Waals surface area contributed by atoms with Crippen molar-refractivity contribution in [2.45, 2.75) is 6.54 Å². The molecule has 3 aromatic rings. The number of fused-ring (bicyclic) bond motifs is 5. The zero-order chi connectivity index (χ0) is 13.9. The lowest BCUT2D eigenvalue weighted by molar-refractivity contribution is 0.240. The van der Waals surface area contributed by atoms with Gasteiger partial charge in [0.05, 0.1) is 23.8 Å². The van der Waals surface area contributed by atoms with Crippen LogP contribution in [0, 0.1) is 0 Å². The van der Waals surface area contributed by atoms with E-state index in [0.717, 1.165) is 22.3 Å². The number of nitrogens with two attached hydrogens (primary N) is 1. The molecule has 0 aliphatic carbocycles. The molecule has 100 valence electrons. The summed E-state index contributed by atoms with van der Waals surface area (Å²) in [5.41, 5.74) is 9.23. The third-order valence-corrected chi connectivity index (χ3v) is 3.62. The first-order valence-corrected chi connectivity index (χ1v) is 6.09. The van der Waals surface area contributed by atoms with Gasteiger partial charge in [-0.1, -0.05) is 0 Å². The average Bonchev–Trinajstić information content (AvgIpc) is 2.98. The summed E-state index contributed by atoms with van der Waals surface area (Å²) >= 11 is 0. The normalized spacial score (nSPS) is 13.8. The van der Waals surface area contributed by atoms with Gasteiger partial charge in [0.15, 0.2) is 0 Å². The maximum atomic E-state index is 12.0. The van der Waals surface area contributed by atoms with Crippen LogP contribution in [0.4, 0.5) is 10.6 Å². The summed E-state index contributed by atoms with van der Waals surface area (Å²) in [6.45, 7) is 0.393. The summed E-state index contributed by atoms with van der Waals surface area (Å²) in [6.07, 6.45) is 3.02. The van der Waals surface area contributed by atoms with E-state index in [2.05, 4.69) is 20.4 Å². The molecule has 1 amide bonds. The lowest BCUT2D eigenvalue weighted by Gasteiger charge is -2.03. The highest BCUT2D eigenvalue weighted by Crippen LogP contribution is 2.36. The Morgan fingerprint density at radius 3 is 3.10 bits per heavy atom. The number of carbonyl (C=O) groups is 1. The smallest absolute Gasteiger partial charge is 0.342 e. The fourth-order valence-electron chi connectivity index (χ4n) is 2.69. The van der Waals surface area contributed by atoms with Gasteiger partial charge in [-0.05, 0) is 6.07 Å². The molecular formula is C12H11N7O. The van der Waals surface area contributed by atoms with Gasteiger partial charge in [0.1, 0.15) is 17.8 Å². The van der Waals surface area contributed by atoms with Crippen LogP contribution in [-0.2, 0) is 13.6 Å². The van der Waals surface area contributed by atoms with Crippen LogP contribution in [0.5, 0.6) is 0 Å². The van der Waals surface area contributed by atoms with Gasteiger partial charge in [0.2, 0.25) is 0 Å². The van der Waals surface area contributed by atoms with Crippen LogP contribution in [0.3, 0.4) is 0 Å². The van der Waals surface area contributed by atoms with E-state index in [4.69, 9.17) is 5.73 Å². The number of amides is 1. The summed E-state index contributed by atoms with van der Waals surface area (Å²) in [6, 6.07) is 1.53. The van der Waals surface area contributed by atoms with E-state index in [1.807, 2.05) is 11.6 Å². The van der Waals surface area contributed by atoms with Gasteiger partial charge in [-0.2, -0.15) is 9.78 Å². The minimum absolute atomic E-state index is 0.259. The van der Waals surface area contributed by atoms with Crippen LogP contribution in [-0.4, -0.2) is 30.3 Å². The predicted octanol–water partition coefficient (Wildman–Crippen LogP) is 0.485. The number of nitrogens with zero attached hydrogens (tertiary/aromatic N) is 5. The van der Waals surface area contributed by atoms with E-state index in [1.54, 1.807) is 12.3 Å². The van der Waals surface area contributed by atoms with Gasteiger partial charge >= 0.3 is 6.03 Å².